The predicted octanol–water partition coefficient (Wildman–Crippen LogP) is 3.00. The van der Waals surface area contributed by atoms with Gasteiger partial charge in [-0.15, -0.1) is 0 Å². The average molecular weight is 290 g/mol. The van der Waals surface area contributed by atoms with E-state index in [2.05, 4.69) is 5.32 Å². The number of amides is 1. The van der Waals surface area contributed by atoms with Gasteiger partial charge in [0.15, 0.2) is 0 Å². The van der Waals surface area contributed by atoms with E-state index in [9.17, 15) is 4.79 Å². The van der Waals surface area contributed by atoms with Crippen molar-refractivity contribution in [2.75, 3.05) is 29.5 Å². The van der Waals surface area contributed by atoms with Gasteiger partial charge in [0.2, 0.25) is 5.91 Å². The van der Waals surface area contributed by atoms with E-state index in [1.165, 1.54) is 0 Å². The maximum Gasteiger partial charge on any atom is 0.243 e. The van der Waals surface area contributed by atoms with Crippen LogP contribution in [0.2, 0.25) is 5.02 Å². The van der Waals surface area contributed by atoms with E-state index in [0.29, 0.717) is 10.7 Å². The van der Waals surface area contributed by atoms with E-state index < -0.39 is 0 Å². The molecular formula is C15H16ClN3O. The quantitative estimate of drug-likeness (QED) is 0.851. The van der Waals surface area contributed by atoms with Crippen molar-refractivity contribution in [2.45, 2.75) is 0 Å². The molecule has 5 heteroatoms. The third kappa shape index (κ3) is 3.90. The number of likely N-dealkylation sites (N-methyl/N-ethyl adjacent to an activating group) is 1. The monoisotopic (exact) mass is 289 g/mol. The Morgan fingerprint density at radius 1 is 1.25 bits per heavy atom. The Bertz CT molecular complexity index is 598. The van der Waals surface area contributed by atoms with Crippen LogP contribution in [0.25, 0.3) is 0 Å². The van der Waals surface area contributed by atoms with E-state index in [0.717, 1.165) is 11.4 Å². The van der Waals surface area contributed by atoms with Crippen LogP contribution in [0.3, 0.4) is 0 Å². The van der Waals surface area contributed by atoms with Crippen LogP contribution in [0, 0.1) is 0 Å². The van der Waals surface area contributed by atoms with Crippen molar-refractivity contribution in [3.63, 3.8) is 0 Å². The van der Waals surface area contributed by atoms with Crippen LogP contribution in [0.4, 0.5) is 17.1 Å². The Kier molecular flexibility index (Phi) is 4.48. The van der Waals surface area contributed by atoms with Gasteiger partial charge in [-0.2, -0.15) is 0 Å². The lowest BCUT2D eigenvalue weighted by molar-refractivity contribution is -0.114. The summed E-state index contributed by atoms with van der Waals surface area (Å²) in [5, 5.41) is 3.45. The second-order valence-corrected chi connectivity index (χ2v) is 4.94. The molecule has 0 aromatic heterocycles. The summed E-state index contributed by atoms with van der Waals surface area (Å²) in [4.78, 5) is 13.8. The molecule has 0 bridgehead atoms. The largest absolute Gasteiger partial charge is 0.399 e. The van der Waals surface area contributed by atoms with Gasteiger partial charge in [0, 0.05) is 29.1 Å². The Morgan fingerprint density at radius 2 is 1.95 bits per heavy atom. The third-order valence-corrected chi connectivity index (χ3v) is 3.07. The average Bonchev–Trinajstić information content (AvgIpc) is 2.41. The van der Waals surface area contributed by atoms with Crippen LogP contribution in [0.5, 0.6) is 0 Å². The lowest BCUT2D eigenvalue weighted by Crippen LogP contribution is -2.30. The molecule has 0 radical (unpaired) electrons. The molecule has 0 aliphatic rings. The van der Waals surface area contributed by atoms with Gasteiger partial charge in [0.05, 0.1) is 6.54 Å². The fraction of sp³-hybridized carbons (Fsp3) is 0.133. The highest BCUT2D eigenvalue weighted by Gasteiger charge is 2.08. The predicted molar refractivity (Wildman–Crippen MR) is 84.2 cm³/mol. The number of nitrogen functional groups attached to an aromatic ring is 1. The van der Waals surface area contributed by atoms with Crippen molar-refractivity contribution in [2.24, 2.45) is 0 Å². The van der Waals surface area contributed by atoms with Crippen LogP contribution in [0.1, 0.15) is 0 Å². The number of nitrogens with two attached hydrogens (primary N) is 1. The first kappa shape index (κ1) is 14.2. The molecule has 0 heterocycles. The zero-order chi connectivity index (χ0) is 14.5. The van der Waals surface area contributed by atoms with Crippen molar-refractivity contribution in [3.8, 4) is 0 Å². The molecule has 20 heavy (non-hydrogen) atoms. The van der Waals surface area contributed by atoms with Gasteiger partial charge in [-0.1, -0.05) is 17.7 Å². The highest BCUT2D eigenvalue weighted by atomic mass is 35.5. The van der Waals surface area contributed by atoms with Crippen LogP contribution >= 0.6 is 11.6 Å². The first-order chi connectivity index (χ1) is 9.54. The Morgan fingerprint density at radius 3 is 2.60 bits per heavy atom. The molecule has 104 valence electrons. The zero-order valence-electron chi connectivity index (χ0n) is 11.1. The lowest BCUT2D eigenvalue weighted by Gasteiger charge is -2.19. The van der Waals surface area contributed by atoms with Crippen LogP contribution in [0.15, 0.2) is 48.5 Å². The molecule has 2 aromatic rings. The number of hydrogen-bond acceptors (Lipinski definition) is 3. The van der Waals surface area contributed by atoms with Crippen molar-refractivity contribution < 1.29 is 4.79 Å². The van der Waals surface area contributed by atoms with E-state index in [1.807, 2.05) is 36.2 Å². The maximum absolute atomic E-state index is 11.9. The molecule has 0 fully saturated rings. The zero-order valence-corrected chi connectivity index (χ0v) is 11.9. The highest BCUT2D eigenvalue weighted by molar-refractivity contribution is 6.30. The third-order valence-electron chi connectivity index (χ3n) is 2.82. The topological polar surface area (TPSA) is 58.4 Å². The number of carbonyl (C=O) groups excluding carboxylic acids is 1. The smallest absolute Gasteiger partial charge is 0.243 e. The van der Waals surface area contributed by atoms with Crippen molar-refractivity contribution in [1.82, 2.24) is 0 Å². The minimum atomic E-state index is -0.0998. The molecule has 4 nitrogen and oxygen atoms in total. The standard InChI is InChI=1S/C15H16ClN3O/c1-19(14-4-2-3-12(17)9-14)10-15(20)18-13-7-5-11(16)6-8-13/h2-9H,10,17H2,1H3,(H,18,20). The van der Waals surface area contributed by atoms with Gasteiger partial charge in [0.25, 0.3) is 0 Å². The number of carbonyl (C=O) groups is 1. The van der Waals surface area contributed by atoms with Crippen molar-refractivity contribution >= 4 is 34.6 Å². The number of anilines is 3. The number of nitrogens with one attached hydrogen (secondary N) is 1. The highest BCUT2D eigenvalue weighted by Crippen LogP contribution is 2.16. The fourth-order valence-electron chi connectivity index (χ4n) is 1.80. The molecule has 0 unspecified atom stereocenters. The number of hydrogen-bond donors (Lipinski definition) is 2. The summed E-state index contributed by atoms with van der Waals surface area (Å²) in [5.41, 5.74) is 8.02. The molecule has 0 saturated carbocycles. The summed E-state index contributed by atoms with van der Waals surface area (Å²) >= 11 is 5.79. The first-order valence-electron chi connectivity index (χ1n) is 6.17. The number of halogens is 1. The van der Waals surface area contributed by atoms with E-state index in [-0.39, 0.29) is 12.5 Å². The molecule has 3 N–H and O–H groups in total. The number of benzene rings is 2. The SMILES string of the molecule is CN(CC(=O)Nc1ccc(Cl)cc1)c1cccc(N)c1. The van der Waals surface area contributed by atoms with E-state index in [1.54, 1.807) is 24.3 Å². The van der Waals surface area contributed by atoms with Crippen molar-refractivity contribution in [3.05, 3.63) is 53.6 Å². The molecule has 1 amide bonds. The summed E-state index contributed by atoms with van der Waals surface area (Å²) in [5.74, 6) is -0.0998. The van der Waals surface area contributed by atoms with Gasteiger partial charge in [0.1, 0.15) is 0 Å². The van der Waals surface area contributed by atoms with Gasteiger partial charge >= 0.3 is 0 Å². The number of rotatable bonds is 4. The second-order valence-electron chi connectivity index (χ2n) is 4.51. The Balaban J connectivity index is 1.95. The van der Waals surface area contributed by atoms with Crippen LogP contribution in [-0.2, 0) is 4.79 Å². The molecular weight excluding hydrogens is 274 g/mol. The summed E-state index contributed by atoms with van der Waals surface area (Å²) < 4.78 is 0. The van der Waals surface area contributed by atoms with Gasteiger partial charge in [-0.25, -0.2) is 0 Å². The molecule has 0 aliphatic carbocycles. The van der Waals surface area contributed by atoms with Crippen LogP contribution < -0.4 is 16.0 Å². The minimum Gasteiger partial charge on any atom is -0.399 e. The Labute approximate surface area is 123 Å². The van der Waals surface area contributed by atoms with E-state index in [4.69, 9.17) is 17.3 Å². The molecule has 0 spiro atoms. The summed E-state index contributed by atoms with van der Waals surface area (Å²) in [7, 11) is 1.84. The van der Waals surface area contributed by atoms with Crippen molar-refractivity contribution in [1.29, 1.82) is 0 Å². The second kappa shape index (κ2) is 6.30. The lowest BCUT2D eigenvalue weighted by atomic mass is 10.2. The summed E-state index contributed by atoms with van der Waals surface area (Å²) in [6.45, 7) is 0.242. The van der Waals surface area contributed by atoms with E-state index >= 15 is 0 Å². The Hall–Kier alpha value is -2.20. The van der Waals surface area contributed by atoms with Gasteiger partial charge in [-0.05, 0) is 42.5 Å². The van der Waals surface area contributed by atoms with Gasteiger partial charge < -0.3 is 16.0 Å². The summed E-state index contributed by atoms with van der Waals surface area (Å²) in [6, 6.07) is 14.4. The number of nitrogens with zero attached hydrogens (tertiary/aromatic N) is 1. The first-order valence-corrected chi connectivity index (χ1v) is 6.54. The molecule has 2 aromatic carbocycles. The van der Waals surface area contributed by atoms with Gasteiger partial charge in [-0.3, -0.25) is 4.79 Å². The fourth-order valence-corrected chi connectivity index (χ4v) is 1.93. The molecule has 0 atom stereocenters. The normalized spacial score (nSPS) is 10.1. The maximum atomic E-state index is 11.9. The minimum absolute atomic E-state index is 0.0998. The summed E-state index contributed by atoms with van der Waals surface area (Å²) in [6.07, 6.45) is 0. The van der Waals surface area contributed by atoms with Crippen LogP contribution in [-0.4, -0.2) is 19.5 Å². The molecule has 0 aliphatic heterocycles. The molecule has 0 saturated heterocycles. The molecule has 2 rings (SSSR count).